The molecule has 8 heteroatoms. The number of nitrogens with one attached hydrogen (secondary N) is 1. The molecule has 0 atom stereocenters. The number of rotatable bonds is 8. The van der Waals surface area contributed by atoms with Gasteiger partial charge in [-0.2, -0.15) is 0 Å². The third kappa shape index (κ3) is 4.84. The molecule has 164 valence electrons. The molecule has 2 aromatic carbocycles. The zero-order valence-electron chi connectivity index (χ0n) is 17.8. The maximum absolute atomic E-state index is 12.6. The van der Waals surface area contributed by atoms with Crippen LogP contribution in [0.5, 0.6) is 11.5 Å². The maximum atomic E-state index is 12.6. The van der Waals surface area contributed by atoms with Crippen LogP contribution in [-0.2, 0) is 6.54 Å². The van der Waals surface area contributed by atoms with Gasteiger partial charge in [0.25, 0.3) is 5.91 Å². The summed E-state index contributed by atoms with van der Waals surface area (Å²) in [5.74, 6) is -0.685. The fraction of sp³-hybridized carbons (Fsp3) is 0.304. The molecule has 0 aliphatic carbocycles. The van der Waals surface area contributed by atoms with Crippen LogP contribution in [0.2, 0.25) is 5.02 Å². The van der Waals surface area contributed by atoms with Gasteiger partial charge in [-0.1, -0.05) is 54.9 Å². The van der Waals surface area contributed by atoms with Gasteiger partial charge in [-0.15, -0.1) is 0 Å². The van der Waals surface area contributed by atoms with Gasteiger partial charge in [-0.3, -0.25) is 9.69 Å². The number of nitrogens with zero attached hydrogens (tertiary/aromatic N) is 2. The maximum Gasteiger partial charge on any atom is 0.274 e. The van der Waals surface area contributed by atoms with Gasteiger partial charge < -0.3 is 20.1 Å². The largest absolute Gasteiger partial charge is 0.507 e. The normalized spacial score (nSPS) is 11.1. The Morgan fingerprint density at radius 2 is 1.77 bits per heavy atom. The van der Waals surface area contributed by atoms with Crippen LogP contribution in [0, 0.1) is 0 Å². The number of aromatic nitrogens is 1. The van der Waals surface area contributed by atoms with Gasteiger partial charge in [-0.25, -0.2) is 0 Å². The first kappa shape index (κ1) is 22.7. The lowest BCUT2D eigenvalue weighted by molar-refractivity contribution is 0.0947. The van der Waals surface area contributed by atoms with Gasteiger partial charge in [-0.05, 0) is 37.2 Å². The van der Waals surface area contributed by atoms with Crippen molar-refractivity contribution in [3.05, 3.63) is 52.7 Å². The van der Waals surface area contributed by atoms with Gasteiger partial charge >= 0.3 is 0 Å². The average molecular weight is 444 g/mol. The molecule has 0 spiro atoms. The molecule has 0 fully saturated rings. The van der Waals surface area contributed by atoms with Crippen LogP contribution in [-0.4, -0.2) is 45.8 Å². The monoisotopic (exact) mass is 443 g/mol. The van der Waals surface area contributed by atoms with Crippen LogP contribution in [0.3, 0.4) is 0 Å². The van der Waals surface area contributed by atoms with E-state index in [-0.39, 0.29) is 39.4 Å². The highest BCUT2D eigenvalue weighted by molar-refractivity contribution is 6.32. The van der Waals surface area contributed by atoms with E-state index in [1.54, 1.807) is 0 Å². The van der Waals surface area contributed by atoms with Crippen molar-refractivity contribution >= 4 is 17.5 Å². The van der Waals surface area contributed by atoms with Crippen LogP contribution >= 0.6 is 11.6 Å². The first-order chi connectivity index (χ1) is 14.9. The van der Waals surface area contributed by atoms with E-state index in [2.05, 4.69) is 29.2 Å². The highest BCUT2D eigenvalue weighted by Crippen LogP contribution is 2.42. The molecule has 0 aliphatic heterocycles. The number of carbonyl (C=O) groups excluding carboxylic acids is 1. The SMILES string of the molecule is CCNC(=O)c1noc(-c2cc(Cl)c(O)cc2O)c1-c1ccc(CN(CC)CC)cc1. The molecule has 3 N–H and O–H groups in total. The van der Waals surface area contributed by atoms with Gasteiger partial charge in [0.15, 0.2) is 11.5 Å². The lowest BCUT2D eigenvalue weighted by atomic mass is 9.97. The molecule has 31 heavy (non-hydrogen) atoms. The second-order valence-electron chi connectivity index (χ2n) is 7.07. The van der Waals surface area contributed by atoms with E-state index in [9.17, 15) is 15.0 Å². The van der Waals surface area contributed by atoms with E-state index in [1.165, 1.54) is 6.07 Å². The van der Waals surface area contributed by atoms with E-state index in [0.29, 0.717) is 17.7 Å². The van der Waals surface area contributed by atoms with Crippen molar-refractivity contribution in [2.24, 2.45) is 0 Å². The van der Waals surface area contributed by atoms with Gasteiger partial charge in [0.2, 0.25) is 0 Å². The second-order valence-corrected chi connectivity index (χ2v) is 7.48. The Bertz CT molecular complexity index is 1060. The number of phenolic OH excluding ortho intramolecular Hbond substituents is 2. The van der Waals surface area contributed by atoms with E-state index >= 15 is 0 Å². The van der Waals surface area contributed by atoms with Gasteiger partial charge in [0.05, 0.1) is 16.1 Å². The summed E-state index contributed by atoms with van der Waals surface area (Å²) in [6.07, 6.45) is 0. The summed E-state index contributed by atoms with van der Waals surface area (Å²) in [5, 5.41) is 26.9. The summed E-state index contributed by atoms with van der Waals surface area (Å²) in [5.41, 5.74) is 2.63. The molecule has 0 bridgehead atoms. The van der Waals surface area contributed by atoms with Crippen molar-refractivity contribution < 1.29 is 19.5 Å². The Hall–Kier alpha value is -3.03. The minimum atomic E-state index is -0.385. The number of carbonyl (C=O) groups is 1. The molecule has 1 aromatic heterocycles. The van der Waals surface area contributed by atoms with Gasteiger partial charge in [0.1, 0.15) is 11.5 Å². The number of aromatic hydroxyl groups is 2. The van der Waals surface area contributed by atoms with Crippen molar-refractivity contribution in [3.63, 3.8) is 0 Å². The number of benzene rings is 2. The van der Waals surface area contributed by atoms with Crippen LogP contribution in [0.4, 0.5) is 0 Å². The van der Waals surface area contributed by atoms with Gasteiger partial charge in [0, 0.05) is 19.2 Å². The predicted octanol–water partition coefficient (Wildman–Crippen LogP) is 4.66. The third-order valence-electron chi connectivity index (χ3n) is 5.10. The Morgan fingerprint density at radius 1 is 1.10 bits per heavy atom. The fourth-order valence-electron chi connectivity index (χ4n) is 3.36. The minimum Gasteiger partial charge on any atom is -0.507 e. The molecule has 0 saturated carbocycles. The molecule has 0 aliphatic rings. The van der Waals surface area contributed by atoms with Crippen molar-refractivity contribution in [2.75, 3.05) is 19.6 Å². The van der Waals surface area contributed by atoms with Crippen molar-refractivity contribution in [1.29, 1.82) is 0 Å². The smallest absolute Gasteiger partial charge is 0.274 e. The van der Waals surface area contributed by atoms with Crippen LogP contribution in [0.1, 0.15) is 36.8 Å². The summed E-state index contributed by atoms with van der Waals surface area (Å²) in [6.45, 7) is 9.21. The molecule has 1 heterocycles. The first-order valence-corrected chi connectivity index (χ1v) is 10.6. The van der Waals surface area contributed by atoms with Crippen molar-refractivity contribution in [1.82, 2.24) is 15.4 Å². The van der Waals surface area contributed by atoms with E-state index in [0.717, 1.165) is 31.3 Å². The molecule has 0 radical (unpaired) electrons. The zero-order chi connectivity index (χ0) is 22.5. The Labute approximate surface area is 186 Å². The molecule has 0 unspecified atom stereocenters. The molecule has 0 saturated heterocycles. The summed E-state index contributed by atoms with van der Waals surface area (Å²) < 4.78 is 5.49. The summed E-state index contributed by atoms with van der Waals surface area (Å²) >= 11 is 6.04. The fourth-order valence-corrected chi connectivity index (χ4v) is 3.52. The quantitative estimate of drug-likeness (QED) is 0.468. The van der Waals surface area contributed by atoms with Crippen molar-refractivity contribution in [2.45, 2.75) is 27.3 Å². The average Bonchev–Trinajstić information content (AvgIpc) is 3.20. The Morgan fingerprint density at radius 3 is 2.39 bits per heavy atom. The summed E-state index contributed by atoms with van der Waals surface area (Å²) in [4.78, 5) is 14.9. The lowest BCUT2D eigenvalue weighted by Crippen LogP contribution is -2.23. The van der Waals surface area contributed by atoms with Crippen molar-refractivity contribution in [3.8, 4) is 33.9 Å². The second kappa shape index (κ2) is 9.85. The molecule has 1 amide bonds. The number of hydrogen-bond donors (Lipinski definition) is 3. The molecular weight excluding hydrogens is 418 g/mol. The third-order valence-corrected chi connectivity index (χ3v) is 5.40. The molecule has 7 nitrogen and oxygen atoms in total. The van der Waals surface area contributed by atoms with E-state index in [4.69, 9.17) is 16.1 Å². The highest BCUT2D eigenvalue weighted by Gasteiger charge is 2.26. The Balaban J connectivity index is 2.10. The topological polar surface area (TPSA) is 98.8 Å². The summed E-state index contributed by atoms with van der Waals surface area (Å²) in [7, 11) is 0. The van der Waals surface area contributed by atoms with Crippen LogP contribution in [0.25, 0.3) is 22.5 Å². The molecular formula is C23H26ClN3O4. The predicted molar refractivity (Wildman–Crippen MR) is 120 cm³/mol. The Kier molecular flexibility index (Phi) is 7.20. The van der Waals surface area contributed by atoms with Crippen LogP contribution < -0.4 is 5.32 Å². The number of halogens is 1. The number of amides is 1. The summed E-state index contributed by atoms with van der Waals surface area (Å²) in [6, 6.07) is 10.3. The van der Waals surface area contributed by atoms with E-state index < -0.39 is 0 Å². The molecule has 3 aromatic rings. The van der Waals surface area contributed by atoms with Crippen LogP contribution in [0.15, 0.2) is 40.9 Å². The number of hydrogen-bond acceptors (Lipinski definition) is 6. The number of phenols is 2. The first-order valence-electron chi connectivity index (χ1n) is 10.2. The standard InChI is InChI=1S/C23H26ClN3O4/c1-4-25-23(30)21-20(15-9-7-14(8-10-15)13-27(5-2)6-3)22(31-26-21)16-11-17(24)19(29)12-18(16)28/h7-12,28-29H,4-6,13H2,1-3H3,(H,25,30). The zero-order valence-corrected chi connectivity index (χ0v) is 18.5. The highest BCUT2D eigenvalue weighted by atomic mass is 35.5. The molecule has 3 rings (SSSR count). The van der Waals surface area contributed by atoms with E-state index in [1.807, 2.05) is 31.2 Å². The lowest BCUT2D eigenvalue weighted by Gasteiger charge is -2.18. The minimum absolute atomic E-state index is 0.0456.